The number of carbonyl (C=O) groups excluding carboxylic acids is 3. The summed E-state index contributed by atoms with van der Waals surface area (Å²) in [7, 11) is 0. The molecule has 5 rings (SSSR count). The Kier molecular flexibility index (Phi) is 8.64. The van der Waals surface area contributed by atoms with Crippen molar-refractivity contribution < 1.29 is 14.4 Å². The number of carbonyl (C=O) groups is 3. The molecule has 212 valence electrons. The second-order valence-electron chi connectivity index (χ2n) is 10.4. The molecule has 1 fully saturated rings. The summed E-state index contributed by atoms with van der Waals surface area (Å²) in [6.07, 6.45) is 2.60. The van der Waals surface area contributed by atoms with Gasteiger partial charge in [-0.15, -0.1) is 0 Å². The number of anilines is 1. The monoisotopic (exact) mass is 552 g/mol. The van der Waals surface area contributed by atoms with Crippen LogP contribution in [0.2, 0.25) is 0 Å². The van der Waals surface area contributed by atoms with Crippen molar-refractivity contribution in [2.45, 2.75) is 25.3 Å². The number of nitrogens with two attached hydrogens (primary N) is 1. The first-order chi connectivity index (χ1) is 19.9. The highest BCUT2D eigenvalue weighted by Crippen LogP contribution is 2.28. The summed E-state index contributed by atoms with van der Waals surface area (Å²) in [5.74, 6) is -0.685. The number of nitrogens with zero attached hydrogens (tertiary/aromatic N) is 2. The standard InChI is InChI=1S/C32H36N6O3/c1-22(27-21-34-28-13-6-5-12-26(27)28)29(30(39)35-25-11-7-8-23(20-25)14-15-33)36-32(41)38-18-16-37(17-19-38)31(40)24-9-3-2-4-10-24/h2-13,20-22,29,34H,14-19,33H2,1H3,(H,35,39)(H,36,41)/t22-,29-/m1/s1. The first kappa shape index (κ1) is 27.9. The third-order valence-electron chi connectivity index (χ3n) is 7.68. The molecule has 41 heavy (non-hydrogen) atoms. The number of aromatic nitrogens is 1. The summed E-state index contributed by atoms with van der Waals surface area (Å²) in [5.41, 5.74) is 9.93. The van der Waals surface area contributed by atoms with Gasteiger partial charge in [0.1, 0.15) is 6.04 Å². The Hall–Kier alpha value is -4.63. The number of piperazine rings is 1. The Morgan fingerprint density at radius 3 is 2.37 bits per heavy atom. The van der Waals surface area contributed by atoms with Crippen LogP contribution >= 0.6 is 0 Å². The summed E-state index contributed by atoms with van der Waals surface area (Å²) < 4.78 is 0. The quantitative estimate of drug-likeness (QED) is 0.264. The van der Waals surface area contributed by atoms with E-state index in [9.17, 15) is 14.4 Å². The third-order valence-corrected chi connectivity index (χ3v) is 7.68. The fraction of sp³-hybridized carbons (Fsp3) is 0.281. The number of fused-ring (bicyclic) bond motifs is 1. The zero-order chi connectivity index (χ0) is 28.8. The molecule has 0 radical (unpaired) electrons. The molecule has 4 aromatic rings. The zero-order valence-electron chi connectivity index (χ0n) is 23.2. The lowest BCUT2D eigenvalue weighted by molar-refractivity contribution is -0.118. The van der Waals surface area contributed by atoms with Crippen molar-refractivity contribution in [2.24, 2.45) is 5.73 Å². The minimum Gasteiger partial charge on any atom is -0.361 e. The van der Waals surface area contributed by atoms with E-state index in [0.717, 1.165) is 22.0 Å². The molecule has 9 heteroatoms. The predicted molar refractivity (Wildman–Crippen MR) is 161 cm³/mol. The maximum atomic E-state index is 13.7. The summed E-state index contributed by atoms with van der Waals surface area (Å²) in [4.78, 5) is 46.8. The molecule has 0 spiro atoms. The highest BCUT2D eigenvalue weighted by Gasteiger charge is 2.32. The molecule has 3 aromatic carbocycles. The van der Waals surface area contributed by atoms with E-state index in [1.165, 1.54) is 0 Å². The van der Waals surface area contributed by atoms with Gasteiger partial charge in [0, 0.05) is 60.4 Å². The smallest absolute Gasteiger partial charge is 0.318 e. The van der Waals surface area contributed by atoms with E-state index in [2.05, 4.69) is 15.6 Å². The van der Waals surface area contributed by atoms with E-state index in [0.29, 0.717) is 50.4 Å². The summed E-state index contributed by atoms with van der Waals surface area (Å²) in [5, 5.41) is 7.02. The van der Waals surface area contributed by atoms with Gasteiger partial charge >= 0.3 is 6.03 Å². The van der Waals surface area contributed by atoms with E-state index >= 15 is 0 Å². The highest BCUT2D eigenvalue weighted by molar-refractivity contribution is 5.98. The number of aromatic amines is 1. The molecule has 0 unspecified atom stereocenters. The lowest BCUT2D eigenvalue weighted by Gasteiger charge is -2.36. The second-order valence-corrected chi connectivity index (χ2v) is 10.4. The van der Waals surface area contributed by atoms with Gasteiger partial charge in [-0.1, -0.05) is 55.5 Å². The van der Waals surface area contributed by atoms with Gasteiger partial charge in [0.2, 0.25) is 5.91 Å². The van der Waals surface area contributed by atoms with Crippen LogP contribution in [0.3, 0.4) is 0 Å². The SMILES string of the molecule is C[C@H](c1c[nH]c2ccccc12)[C@@H](NC(=O)N1CCN(C(=O)c2ccccc2)CC1)C(=O)Nc1cccc(CCN)c1. The van der Waals surface area contributed by atoms with Crippen LogP contribution in [0.5, 0.6) is 0 Å². The minimum absolute atomic E-state index is 0.0484. The molecule has 5 N–H and O–H groups in total. The molecule has 2 atom stereocenters. The molecule has 0 bridgehead atoms. The topological polar surface area (TPSA) is 124 Å². The van der Waals surface area contributed by atoms with Crippen LogP contribution in [0.25, 0.3) is 10.9 Å². The molecule has 9 nitrogen and oxygen atoms in total. The van der Waals surface area contributed by atoms with Gasteiger partial charge in [-0.2, -0.15) is 0 Å². The maximum absolute atomic E-state index is 13.7. The molecule has 1 aromatic heterocycles. The van der Waals surface area contributed by atoms with Crippen molar-refractivity contribution >= 4 is 34.4 Å². The Bertz CT molecular complexity index is 1510. The summed E-state index contributed by atoms with van der Waals surface area (Å²) in [6.45, 7) is 4.05. The molecule has 0 saturated carbocycles. The van der Waals surface area contributed by atoms with Crippen LogP contribution in [-0.4, -0.2) is 71.4 Å². The molecule has 1 aliphatic heterocycles. The minimum atomic E-state index is -0.844. The number of rotatable bonds is 8. The van der Waals surface area contributed by atoms with E-state index in [4.69, 9.17) is 5.73 Å². The van der Waals surface area contributed by atoms with Gasteiger partial charge in [0.05, 0.1) is 0 Å². The Labute approximate surface area is 239 Å². The lowest BCUT2D eigenvalue weighted by atomic mass is 9.92. The third kappa shape index (κ3) is 6.41. The molecule has 4 amide bonds. The predicted octanol–water partition coefficient (Wildman–Crippen LogP) is 3.95. The average Bonchev–Trinajstić information content (AvgIpc) is 3.44. The normalized spacial score (nSPS) is 14.9. The highest BCUT2D eigenvalue weighted by atomic mass is 16.2. The first-order valence-corrected chi connectivity index (χ1v) is 14.0. The fourth-order valence-electron chi connectivity index (χ4n) is 5.36. The van der Waals surface area contributed by atoms with Crippen molar-refractivity contribution in [1.29, 1.82) is 0 Å². The van der Waals surface area contributed by atoms with Gasteiger partial charge in [0.25, 0.3) is 5.91 Å². The summed E-state index contributed by atoms with van der Waals surface area (Å²) >= 11 is 0. The molecular formula is C32H36N6O3. The van der Waals surface area contributed by atoms with E-state index < -0.39 is 6.04 Å². The van der Waals surface area contributed by atoms with E-state index in [-0.39, 0.29) is 23.8 Å². The Balaban J connectivity index is 1.32. The van der Waals surface area contributed by atoms with Crippen LogP contribution < -0.4 is 16.4 Å². The number of hydrogen-bond acceptors (Lipinski definition) is 4. The van der Waals surface area contributed by atoms with Crippen LogP contribution in [0.15, 0.2) is 85.1 Å². The number of benzene rings is 3. The van der Waals surface area contributed by atoms with Crippen molar-refractivity contribution in [3.8, 4) is 0 Å². The maximum Gasteiger partial charge on any atom is 0.318 e. The van der Waals surface area contributed by atoms with Crippen LogP contribution in [0, 0.1) is 0 Å². The van der Waals surface area contributed by atoms with Crippen LogP contribution in [0.4, 0.5) is 10.5 Å². The van der Waals surface area contributed by atoms with Gasteiger partial charge in [-0.25, -0.2) is 4.79 Å². The van der Waals surface area contributed by atoms with Crippen molar-refractivity contribution in [1.82, 2.24) is 20.1 Å². The molecule has 1 aliphatic rings. The van der Waals surface area contributed by atoms with Crippen molar-refractivity contribution in [3.63, 3.8) is 0 Å². The number of urea groups is 1. The van der Waals surface area contributed by atoms with Gasteiger partial charge in [0.15, 0.2) is 0 Å². The Morgan fingerprint density at radius 2 is 1.61 bits per heavy atom. The first-order valence-electron chi connectivity index (χ1n) is 14.0. The molecule has 2 heterocycles. The zero-order valence-corrected chi connectivity index (χ0v) is 23.2. The second kappa shape index (κ2) is 12.7. The van der Waals surface area contributed by atoms with Gasteiger partial charge in [-0.05, 0) is 54.4 Å². The summed E-state index contributed by atoms with van der Waals surface area (Å²) in [6, 6.07) is 23.5. The molecular weight excluding hydrogens is 516 g/mol. The van der Waals surface area contributed by atoms with Gasteiger partial charge in [-0.3, -0.25) is 9.59 Å². The van der Waals surface area contributed by atoms with Crippen molar-refractivity contribution in [2.75, 3.05) is 38.0 Å². The number of H-pyrrole nitrogens is 1. The number of amides is 4. The molecule has 1 saturated heterocycles. The largest absolute Gasteiger partial charge is 0.361 e. The number of hydrogen-bond donors (Lipinski definition) is 4. The number of nitrogens with one attached hydrogen (secondary N) is 3. The van der Waals surface area contributed by atoms with E-state index in [1.807, 2.05) is 79.9 Å². The number of para-hydroxylation sites is 1. The van der Waals surface area contributed by atoms with Crippen LogP contribution in [-0.2, 0) is 11.2 Å². The Morgan fingerprint density at radius 1 is 0.902 bits per heavy atom. The van der Waals surface area contributed by atoms with E-state index in [1.54, 1.807) is 21.9 Å². The fourth-order valence-corrected chi connectivity index (χ4v) is 5.36. The average molecular weight is 553 g/mol. The van der Waals surface area contributed by atoms with Crippen LogP contribution in [0.1, 0.15) is 34.3 Å². The van der Waals surface area contributed by atoms with Crippen molar-refractivity contribution in [3.05, 3.63) is 102 Å². The van der Waals surface area contributed by atoms with Gasteiger partial charge < -0.3 is 31.2 Å². The lowest BCUT2D eigenvalue weighted by Crippen LogP contribution is -2.57. The molecule has 0 aliphatic carbocycles.